The zero-order valence-electron chi connectivity index (χ0n) is 14.0. The number of hydrogen-bond donors (Lipinski definition) is 2. The monoisotopic (exact) mass is 340 g/mol. The molecule has 6 heteroatoms. The highest BCUT2D eigenvalue weighted by Gasteiger charge is 2.35. The Balaban J connectivity index is 2.04. The molecule has 1 aliphatic heterocycles. The summed E-state index contributed by atoms with van der Waals surface area (Å²) in [4.78, 5) is 0. The minimum absolute atomic E-state index is 0.0416. The van der Waals surface area contributed by atoms with E-state index in [0.29, 0.717) is 13.0 Å². The van der Waals surface area contributed by atoms with Crippen LogP contribution in [0, 0.1) is 0 Å². The summed E-state index contributed by atoms with van der Waals surface area (Å²) in [5.41, 5.74) is 1.10. The highest BCUT2D eigenvalue weighted by molar-refractivity contribution is 7.89. The first-order chi connectivity index (χ1) is 11.0. The predicted molar refractivity (Wildman–Crippen MR) is 92.9 cm³/mol. The van der Waals surface area contributed by atoms with Crippen molar-refractivity contribution in [2.45, 2.75) is 44.7 Å². The molecular weight excluding hydrogens is 312 g/mol. The number of rotatable bonds is 8. The Morgan fingerprint density at radius 3 is 2.48 bits per heavy atom. The number of hydrogen-bond acceptors (Lipinski definition) is 4. The van der Waals surface area contributed by atoms with Gasteiger partial charge in [-0.2, -0.15) is 0 Å². The van der Waals surface area contributed by atoms with E-state index in [9.17, 15) is 8.42 Å². The van der Waals surface area contributed by atoms with Gasteiger partial charge >= 0.3 is 0 Å². The smallest absolute Gasteiger partial charge is 0.211 e. The van der Waals surface area contributed by atoms with Gasteiger partial charge in [-0.15, -0.1) is 0 Å². The fraction of sp³-hybridized carbons (Fsp3) is 0.647. The van der Waals surface area contributed by atoms with Crippen LogP contribution in [0.1, 0.15) is 38.7 Å². The SMILES string of the molecule is CCCS(=O)(=O)NCC(C)NC1(c2ccccc2)CCOCC1. The van der Waals surface area contributed by atoms with Gasteiger partial charge in [-0.05, 0) is 31.7 Å². The lowest BCUT2D eigenvalue weighted by atomic mass is 9.82. The Morgan fingerprint density at radius 2 is 1.87 bits per heavy atom. The standard InChI is InChI=1S/C17H28N2O3S/c1-3-13-23(20,21)18-14-15(2)19-17(9-11-22-12-10-17)16-7-5-4-6-8-16/h4-8,15,18-19H,3,9-14H2,1-2H3. The molecule has 1 aromatic carbocycles. The fourth-order valence-corrected chi connectivity index (χ4v) is 4.29. The van der Waals surface area contributed by atoms with Gasteiger partial charge in [0, 0.05) is 31.3 Å². The second-order valence-electron chi connectivity index (χ2n) is 6.27. The Morgan fingerprint density at radius 1 is 1.22 bits per heavy atom. The van der Waals surface area contributed by atoms with E-state index >= 15 is 0 Å². The van der Waals surface area contributed by atoms with Gasteiger partial charge in [0.2, 0.25) is 10.0 Å². The van der Waals surface area contributed by atoms with Crippen LogP contribution in [0.4, 0.5) is 0 Å². The molecule has 0 aromatic heterocycles. The molecule has 1 heterocycles. The van der Waals surface area contributed by atoms with E-state index in [1.807, 2.05) is 32.0 Å². The van der Waals surface area contributed by atoms with E-state index in [1.165, 1.54) is 5.56 Å². The highest BCUT2D eigenvalue weighted by atomic mass is 32.2. The lowest BCUT2D eigenvalue weighted by Gasteiger charge is -2.41. The lowest BCUT2D eigenvalue weighted by molar-refractivity contribution is 0.0325. The van der Waals surface area contributed by atoms with Crippen LogP contribution in [0.5, 0.6) is 0 Å². The summed E-state index contributed by atoms with van der Waals surface area (Å²) < 4.78 is 31.9. The molecule has 5 nitrogen and oxygen atoms in total. The van der Waals surface area contributed by atoms with Gasteiger partial charge in [0.1, 0.15) is 0 Å². The van der Waals surface area contributed by atoms with Gasteiger partial charge in [0.15, 0.2) is 0 Å². The molecule has 0 aliphatic carbocycles. The van der Waals surface area contributed by atoms with E-state index in [-0.39, 0.29) is 17.3 Å². The van der Waals surface area contributed by atoms with Crippen molar-refractivity contribution < 1.29 is 13.2 Å². The van der Waals surface area contributed by atoms with Crippen LogP contribution in [-0.4, -0.2) is 40.0 Å². The normalized spacial score (nSPS) is 19.4. The van der Waals surface area contributed by atoms with Crippen molar-refractivity contribution in [3.63, 3.8) is 0 Å². The van der Waals surface area contributed by atoms with E-state index in [2.05, 4.69) is 22.2 Å². The van der Waals surface area contributed by atoms with Crippen molar-refractivity contribution >= 4 is 10.0 Å². The number of sulfonamides is 1. The summed E-state index contributed by atoms with van der Waals surface area (Å²) >= 11 is 0. The third-order valence-electron chi connectivity index (χ3n) is 4.28. The van der Waals surface area contributed by atoms with E-state index in [1.54, 1.807) is 0 Å². The zero-order chi connectivity index (χ0) is 16.8. The third-order valence-corrected chi connectivity index (χ3v) is 5.83. The predicted octanol–water partition coefficient (Wildman–Crippen LogP) is 2.00. The highest BCUT2D eigenvalue weighted by Crippen LogP contribution is 2.32. The first-order valence-corrected chi connectivity index (χ1v) is 10.0. The molecule has 1 fully saturated rings. The first-order valence-electron chi connectivity index (χ1n) is 8.36. The van der Waals surface area contributed by atoms with Crippen LogP contribution >= 0.6 is 0 Å². The van der Waals surface area contributed by atoms with Crippen LogP contribution in [0.2, 0.25) is 0 Å². The summed E-state index contributed by atoms with van der Waals surface area (Å²) in [5.74, 6) is 0.178. The van der Waals surface area contributed by atoms with Crippen LogP contribution in [-0.2, 0) is 20.3 Å². The number of benzene rings is 1. The van der Waals surface area contributed by atoms with Crippen molar-refractivity contribution in [2.24, 2.45) is 0 Å². The van der Waals surface area contributed by atoms with E-state index in [4.69, 9.17) is 4.74 Å². The molecule has 1 unspecified atom stereocenters. The second kappa shape index (κ2) is 8.24. The van der Waals surface area contributed by atoms with Crippen LogP contribution < -0.4 is 10.0 Å². The summed E-state index contributed by atoms with van der Waals surface area (Å²) in [5, 5.41) is 3.66. The summed E-state index contributed by atoms with van der Waals surface area (Å²) in [6.07, 6.45) is 2.41. The van der Waals surface area contributed by atoms with Gasteiger partial charge < -0.3 is 10.1 Å². The van der Waals surface area contributed by atoms with Crippen molar-refractivity contribution in [3.8, 4) is 0 Å². The van der Waals surface area contributed by atoms with Crippen molar-refractivity contribution in [1.82, 2.24) is 10.0 Å². The van der Waals surface area contributed by atoms with Crippen molar-refractivity contribution in [3.05, 3.63) is 35.9 Å². The van der Waals surface area contributed by atoms with Crippen molar-refractivity contribution in [1.29, 1.82) is 0 Å². The molecule has 23 heavy (non-hydrogen) atoms. The van der Waals surface area contributed by atoms with Crippen LogP contribution in [0.15, 0.2) is 30.3 Å². The van der Waals surface area contributed by atoms with Gasteiger partial charge in [0.25, 0.3) is 0 Å². The van der Waals surface area contributed by atoms with Crippen LogP contribution in [0.25, 0.3) is 0 Å². The maximum absolute atomic E-state index is 11.8. The second-order valence-corrected chi connectivity index (χ2v) is 8.20. The molecule has 1 saturated heterocycles. The average Bonchev–Trinajstić information content (AvgIpc) is 2.55. The first kappa shape index (κ1) is 18.4. The molecule has 1 atom stereocenters. The maximum atomic E-state index is 11.8. The van der Waals surface area contributed by atoms with Gasteiger partial charge in [-0.3, -0.25) is 0 Å². The minimum Gasteiger partial charge on any atom is -0.381 e. The Hall–Kier alpha value is -0.950. The molecule has 0 amide bonds. The number of ether oxygens (including phenoxy) is 1. The minimum atomic E-state index is -3.17. The Labute approximate surface area is 139 Å². The van der Waals surface area contributed by atoms with Gasteiger partial charge in [0.05, 0.1) is 5.75 Å². The third kappa shape index (κ3) is 5.28. The van der Waals surface area contributed by atoms with Crippen LogP contribution in [0.3, 0.4) is 0 Å². The van der Waals surface area contributed by atoms with Gasteiger partial charge in [-0.25, -0.2) is 13.1 Å². The molecule has 0 bridgehead atoms. The fourth-order valence-electron chi connectivity index (χ4n) is 3.11. The zero-order valence-corrected chi connectivity index (χ0v) is 14.9. The summed E-state index contributed by atoms with van der Waals surface area (Å²) in [6, 6.07) is 10.4. The molecule has 0 saturated carbocycles. The molecule has 2 N–H and O–H groups in total. The number of nitrogens with one attached hydrogen (secondary N) is 2. The molecule has 0 spiro atoms. The summed E-state index contributed by atoms with van der Waals surface area (Å²) in [6.45, 7) is 5.73. The topological polar surface area (TPSA) is 67.4 Å². The van der Waals surface area contributed by atoms with E-state index < -0.39 is 10.0 Å². The molecule has 0 radical (unpaired) electrons. The Kier molecular flexibility index (Phi) is 6.59. The quantitative estimate of drug-likeness (QED) is 0.759. The lowest BCUT2D eigenvalue weighted by Crippen LogP contribution is -2.53. The Bertz CT molecular complexity index is 569. The van der Waals surface area contributed by atoms with Gasteiger partial charge in [-0.1, -0.05) is 37.3 Å². The molecule has 130 valence electrons. The molecule has 1 aliphatic rings. The molecule has 2 rings (SSSR count). The summed E-state index contributed by atoms with van der Waals surface area (Å²) in [7, 11) is -3.17. The largest absolute Gasteiger partial charge is 0.381 e. The average molecular weight is 340 g/mol. The van der Waals surface area contributed by atoms with Crippen molar-refractivity contribution in [2.75, 3.05) is 25.5 Å². The molecule has 1 aromatic rings. The maximum Gasteiger partial charge on any atom is 0.211 e. The van der Waals surface area contributed by atoms with E-state index in [0.717, 1.165) is 26.1 Å². The molecular formula is C17H28N2O3S.